The smallest absolute Gasteiger partial charge is 0.194 e. The van der Waals surface area contributed by atoms with Gasteiger partial charge in [-0.1, -0.05) is 0 Å². The standard InChI is InChI=1S/C11H13N3O2/c1-8(15)11-3-2-10(16-11)7-14-5-4-9(6-12)13-14/h2-5H,6-7,12H2,1H3. The molecule has 84 valence electrons. The lowest BCUT2D eigenvalue weighted by molar-refractivity contribution is 0.0985. The minimum atomic E-state index is -0.0747. The highest BCUT2D eigenvalue weighted by Gasteiger charge is 2.07. The molecule has 0 radical (unpaired) electrons. The topological polar surface area (TPSA) is 74.0 Å². The summed E-state index contributed by atoms with van der Waals surface area (Å²) in [6, 6.07) is 5.31. The first-order valence-corrected chi connectivity index (χ1v) is 5.01. The van der Waals surface area contributed by atoms with E-state index in [4.69, 9.17) is 10.2 Å². The second-order valence-corrected chi connectivity index (χ2v) is 3.53. The Morgan fingerprint density at radius 3 is 2.88 bits per heavy atom. The summed E-state index contributed by atoms with van der Waals surface area (Å²) in [6.45, 7) is 2.40. The fourth-order valence-corrected chi connectivity index (χ4v) is 1.41. The summed E-state index contributed by atoms with van der Waals surface area (Å²) in [5.74, 6) is 1.01. The highest BCUT2D eigenvalue weighted by atomic mass is 16.3. The van der Waals surface area contributed by atoms with Crippen molar-refractivity contribution in [1.29, 1.82) is 0 Å². The van der Waals surface area contributed by atoms with Crippen molar-refractivity contribution in [3.8, 4) is 0 Å². The number of nitrogens with two attached hydrogens (primary N) is 1. The molecule has 2 N–H and O–H groups in total. The van der Waals surface area contributed by atoms with Gasteiger partial charge in [0.2, 0.25) is 0 Å². The molecular formula is C11H13N3O2. The summed E-state index contributed by atoms with van der Waals surface area (Å²) in [7, 11) is 0. The minimum absolute atomic E-state index is 0.0747. The van der Waals surface area contributed by atoms with Gasteiger partial charge in [-0.15, -0.1) is 0 Å². The van der Waals surface area contributed by atoms with E-state index in [0.29, 0.717) is 24.6 Å². The molecule has 5 nitrogen and oxygen atoms in total. The maximum atomic E-state index is 11.0. The van der Waals surface area contributed by atoms with Crippen molar-refractivity contribution in [1.82, 2.24) is 9.78 Å². The third-order valence-electron chi connectivity index (χ3n) is 2.23. The largest absolute Gasteiger partial charge is 0.456 e. The predicted octanol–water partition coefficient (Wildman–Crippen LogP) is 1.19. The number of furan rings is 1. The van der Waals surface area contributed by atoms with Crippen LogP contribution in [0.15, 0.2) is 28.8 Å². The fraction of sp³-hybridized carbons (Fsp3) is 0.273. The Labute approximate surface area is 92.9 Å². The monoisotopic (exact) mass is 219 g/mol. The molecule has 0 unspecified atom stereocenters. The molecule has 0 aliphatic heterocycles. The third-order valence-corrected chi connectivity index (χ3v) is 2.23. The normalized spacial score (nSPS) is 10.6. The third kappa shape index (κ3) is 2.20. The van der Waals surface area contributed by atoms with E-state index in [-0.39, 0.29) is 5.78 Å². The molecule has 2 rings (SSSR count). The zero-order chi connectivity index (χ0) is 11.5. The second-order valence-electron chi connectivity index (χ2n) is 3.53. The molecule has 16 heavy (non-hydrogen) atoms. The Bertz CT molecular complexity index is 499. The molecule has 0 aliphatic carbocycles. The van der Waals surface area contributed by atoms with Crippen molar-refractivity contribution in [3.05, 3.63) is 41.6 Å². The molecule has 2 aromatic rings. The minimum Gasteiger partial charge on any atom is -0.456 e. The van der Waals surface area contributed by atoms with Crippen molar-refractivity contribution < 1.29 is 9.21 Å². The predicted molar refractivity (Wildman–Crippen MR) is 57.9 cm³/mol. The van der Waals surface area contributed by atoms with Gasteiger partial charge in [-0.2, -0.15) is 5.10 Å². The summed E-state index contributed by atoms with van der Waals surface area (Å²) in [5, 5.41) is 4.22. The number of Topliss-reactive ketones (excluding diaryl/α,β-unsaturated/α-hetero) is 1. The van der Waals surface area contributed by atoms with Crippen LogP contribution >= 0.6 is 0 Å². The lowest BCUT2D eigenvalue weighted by Gasteiger charge is -1.97. The molecule has 2 aromatic heterocycles. The first-order chi connectivity index (χ1) is 7.69. The van der Waals surface area contributed by atoms with E-state index >= 15 is 0 Å². The maximum absolute atomic E-state index is 11.0. The van der Waals surface area contributed by atoms with Gasteiger partial charge >= 0.3 is 0 Å². The summed E-state index contributed by atoms with van der Waals surface area (Å²) in [6.07, 6.45) is 1.83. The van der Waals surface area contributed by atoms with Crippen molar-refractivity contribution in [3.63, 3.8) is 0 Å². The van der Waals surface area contributed by atoms with E-state index in [1.54, 1.807) is 16.8 Å². The second kappa shape index (κ2) is 4.32. The highest BCUT2D eigenvalue weighted by molar-refractivity contribution is 5.91. The van der Waals surface area contributed by atoms with Gasteiger partial charge < -0.3 is 10.2 Å². The van der Waals surface area contributed by atoms with Gasteiger partial charge in [0.05, 0.1) is 12.2 Å². The molecule has 0 saturated heterocycles. The number of hydrogen-bond donors (Lipinski definition) is 1. The van der Waals surface area contributed by atoms with Crippen LogP contribution in [0.25, 0.3) is 0 Å². The number of hydrogen-bond acceptors (Lipinski definition) is 4. The van der Waals surface area contributed by atoms with E-state index < -0.39 is 0 Å². The Balaban J connectivity index is 2.11. The molecular weight excluding hydrogens is 206 g/mol. The number of nitrogens with zero attached hydrogens (tertiary/aromatic N) is 2. The molecule has 0 amide bonds. The highest BCUT2D eigenvalue weighted by Crippen LogP contribution is 2.10. The summed E-state index contributed by atoms with van der Waals surface area (Å²) in [4.78, 5) is 11.0. The molecule has 0 saturated carbocycles. The molecule has 0 atom stereocenters. The van der Waals surface area contributed by atoms with Crippen LogP contribution < -0.4 is 5.73 Å². The number of carbonyl (C=O) groups excluding carboxylic acids is 1. The van der Waals surface area contributed by atoms with Crippen LogP contribution in [0.5, 0.6) is 0 Å². The van der Waals surface area contributed by atoms with Gasteiger partial charge in [0.15, 0.2) is 11.5 Å². The van der Waals surface area contributed by atoms with Gasteiger partial charge in [-0.25, -0.2) is 0 Å². The Kier molecular flexibility index (Phi) is 2.87. The van der Waals surface area contributed by atoms with E-state index in [1.165, 1.54) is 6.92 Å². The van der Waals surface area contributed by atoms with E-state index in [2.05, 4.69) is 5.10 Å². The number of rotatable bonds is 4. The van der Waals surface area contributed by atoms with Crippen LogP contribution in [0.4, 0.5) is 0 Å². The van der Waals surface area contributed by atoms with Crippen LogP contribution in [0.3, 0.4) is 0 Å². The fourth-order valence-electron chi connectivity index (χ4n) is 1.41. The summed E-state index contributed by atoms with van der Waals surface area (Å²) < 4.78 is 7.08. The van der Waals surface area contributed by atoms with Gasteiger partial charge in [-0.05, 0) is 18.2 Å². The molecule has 0 spiro atoms. The molecule has 0 fully saturated rings. The first-order valence-electron chi connectivity index (χ1n) is 5.01. The average molecular weight is 219 g/mol. The molecule has 0 aliphatic rings. The lowest BCUT2D eigenvalue weighted by Crippen LogP contribution is -2.02. The van der Waals surface area contributed by atoms with Crippen molar-refractivity contribution in [2.45, 2.75) is 20.0 Å². The van der Waals surface area contributed by atoms with Crippen molar-refractivity contribution >= 4 is 5.78 Å². The Morgan fingerprint density at radius 1 is 1.50 bits per heavy atom. The summed E-state index contributed by atoms with van der Waals surface area (Å²) >= 11 is 0. The molecule has 0 aromatic carbocycles. The zero-order valence-electron chi connectivity index (χ0n) is 9.01. The van der Waals surface area contributed by atoms with Crippen molar-refractivity contribution in [2.75, 3.05) is 0 Å². The Hall–Kier alpha value is -1.88. The SMILES string of the molecule is CC(=O)c1ccc(Cn2ccc(CN)n2)o1. The lowest BCUT2D eigenvalue weighted by atomic mass is 10.3. The van der Waals surface area contributed by atoms with Crippen molar-refractivity contribution in [2.24, 2.45) is 5.73 Å². The quantitative estimate of drug-likeness (QED) is 0.784. The average Bonchev–Trinajstić information content (AvgIpc) is 2.87. The van der Waals surface area contributed by atoms with Crippen LogP contribution in [0, 0.1) is 0 Å². The molecule has 0 bridgehead atoms. The van der Waals surface area contributed by atoms with E-state index in [9.17, 15) is 4.79 Å². The van der Waals surface area contributed by atoms with Gasteiger partial charge in [0.25, 0.3) is 0 Å². The number of aromatic nitrogens is 2. The van der Waals surface area contributed by atoms with Gasteiger partial charge in [0.1, 0.15) is 5.76 Å². The van der Waals surface area contributed by atoms with Crippen LogP contribution in [-0.2, 0) is 13.1 Å². The molecule has 2 heterocycles. The zero-order valence-corrected chi connectivity index (χ0v) is 9.01. The van der Waals surface area contributed by atoms with E-state index in [1.807, 2.05) is 12.3 Å². The first kappa shape index (κ1) is 10.6. The van der Waals surface area contributed by atoms with E-state index in [0.717, 1.165) is 5.69 Å². The number of ketones is 1. The van der Waals surface area contributed by atoms with Crippen LogP contribution in [0.2, 0.25) is 0 Å². The number of carbonyl (C=O) groups is 1. The maximum Gasteiger partial charge on any atom is 0.194 e. The van der Waals surface area contributed by atoms with Gasteiger partial charge in [-0.3, -0.25) is 9.48 Å². The summed E-state index contributed by atoms with van der Waals surface area (Å²) in [5.41, 5.74) is 6.29. The Morgan fingerprint density at radius 2 is 2.31 bits per heavy atom. The van der Waals surface area contributed by atoms with Crippen LogP contribution in [0.1, 0.15) is 28.9 Å². The van der Waals surface area contributed by atoms with Crippen LogP contribution in [-0.4, -0.2) is 15.6 Å². The van der Waals surface area contributed by atoms with Gasteiger partial charge in [0, 0.05) is 19.7 Å². The molecule has 5 heteroatoms.